The van der Waals surface area contributed by atoms with Gasteiger partial charge < -0.3 is 15.5 Å². The van der Waals surface area contributed by atoms with Gasteiger partial charge in [-0.3, -0.25) is 5.84 Å². The van der Waals surface area contributed by atoms with Crippen LogP contribution in [0.15, 0.2) is 18.2 Å². The van der Waals surface area contributed by atoms with Gasteiger partial charge in [-0.1, -0.05) is 0 Å². The first kappa shape index (κ1) is 9.54. The van der Waals surface area contributed by atoms with Crippen molar-refractivity contribution in [1.29, 1.82) is 5.26 Å². The number of hydrogen-bond acceptors (Lipinski definition) is 5. The van der Waals surface area contributed by atoms with Crippen molar-refractivity contribution < 1.29 is 10.0 Å². The number of nitrogens with zero attached hydrogens (tertiary/aromatic N) is 1. The molecule has 0 saturated carbocycles. The number of benzene rings is 1. The second-order valence-corrected chi connectivity index (χ2v) is 2.43. The van der Waals surface area contributed by atoms with Crippen LogP contribution in [-0.4, -0.2) is 17.2 Å². The molecular formula is C7H8BN3O2. The first-order valence-corrected chi connectivity index (χ1v) is 3.56. The Labute approximate surface area is 75.5 Å². The van der Waals surface area contributed by atoms with Crippen LogP contribution in [0.4, 0.5) is 5.69 Å². The van der Waals surface area contributed by atoms with Crippen molar-refractivity contribution in [2.75, 3.05) is 5.43 Å². The van der Waals surface area contributed by atoms with Gasteiger partial charge in [0.1, 0.15) is 0 Å². The van der Waals surface area contributed by atoms with Gasteiger partial charge in [0.05, 0.1) is 11.6 Å². The average Bonchev–Trinajstić information content (AvgIpc) is 2.16. The van der Waals surface area contributed by atoms with Crippen LogP contribution in [0, 0.1) is 11.3 Å². The lowest BCUT2D eigenvalue weighted by Gasteiger charge is -2.05. The molecule has 0 aliphatic rings. The van der Waals surface area contributed by atoms with Gasteiger partial charge in [-0.15, -0.1) is 0 Å². The average molecular weight is 177 g/mol. The molecule has 0 spiro atoms. The predicted octanol–water partition coefficient (Wildman–Crippen LogP) is -1.48. The Hall–Kier alpha value is -1.55. The Kier molecular flexibility index (Phi) is 2.87. The van der Waals surface area contributed by atoms with Gasteiger partial charge in [0.25, 0.3) is 0 Å². The molecule has 0 saturated heterocycles. The van der Waals surface area contributed by atoms with Gasteiger partial charge in [0, 0.05) is 11.2 Å². The highest BCUT2D eigenvalue weighted by molar-refractivity contribution is 6.59. The van der Waals surface area contributed by atoms with Gasteiger partial charge in [0.2, 0.25) is 0 Å². The summed E-state index contributed by atoms with van der Waals surface area (Å²) in [6.07, 6.45) is 0. The van der Waals surface area contributed by atoms with E-state index in [2.05, 4.69) is 5.43 Å². The largest absolute Gasteiger partial charge is 0.489 e. The first-order chi connectivity index (χ1) is 6.19. The van der Waals surface area contributed by atoms with E-state index in [-0.39, 0.29) is 11.0 Å². The summed E-state index contributed by atoms with van der Waals surface area (Å²) in [5.74, 6) is 5.11. The molecule has 0 heterocycles. The molecule has 0 fully saturated rings. The predicted molar refractivity (Wildman–Crippen MR) is 48.8 cm³/mol. The molecule has 6 heteroatoms. The normalized spacial score (nSPS) is 9.08. The summed E-state index contributed by atoms with van der Waals surface area (Å²) in [5.41, 5.74) is 3.21. The van der Waals surface area contributed by atoms with Crippen molar-refractivity contribution in [2.24, 2.45) is 5.84 Å². The summed E-state index contributed by atoms with van der Waals surface area (Å²) in [6.45, 7) is 0. The Morgan fingerprint density at radius 1 is 1.46 bits per heavy atom. The second-order valence-electron chi connectivity index (χ2n) is 2.43. The highest BCUT2D eigenvalue weighted by atomic mass is 16.4. The second kappa shape index (κ2) is 3.91. The SMILES string of the molecule is N#Cc1ccc(NN)cc1B(O)O. The van der Waals surface area contributed by atoms with Crippen LogP contribution >= 0.6 is 0 Å². The van der Waals surface area contributed by atoms with Crippen LogP contribution < -0.4 is 16.7 Å². The van der Waals surface area contributed by atoms with E-state index >= 15 is 0 Å². The number of hydrazine groups is 1. The van der Waals surface area contributed by atoms with E-state index in [0.717, 1.165) is 0 Å². The van der Waals surface area contributed by atoms with Gasteiger partial charge in [-0.05, 0) is 18.2 Å². The summed E-state index contributed by atoms with van der Waals surface area (Å²) in [4.78, 5) is 0. The zero-order chi connectivity index (χ0) is 9.84. The quantitative estimate of drug-likeness (QED) is 0.250. The number of anilines is 1. The van der Waals surface area contributed by atoms with E-state index < -0.39 is 7.12 Å². The minimum atomic E-state index is -1.66. The molecule has 1 rings (SSSR count). The monoisotopic (exact) mass is 177 g/mol. The van der Waals surface area contributed by atoms with Crippen LogP contribution in [0.5, 0.6) is 0 Å². The number of nitriles is 1. The van der Waals surface area contributed by atoms with Gasteiger partial charge in [-0.25, -0.2) is 0 Å². The topological polar surface area (TPSA) is 102 Å². The third-order valence-corrected chi connectivity index (χ3v) is 1.62. The fourth-order valence-corrected chi connectivity index (χ4v) is 0.968. The fourth-order valence-electron chi connectivity index (χ4n) is 0.968. The fraction of sp³-hybridized carbons (Fsp3) is 0. The molecule has 0 unspecified atom stereocenters. The maximum Gasteiger partial charge on any atom is 0.489 e. The number of rotatable bonds is 2. The highest BCUT2D eigenvalue weighted by Crippen LogP contribution is 2.05. The maximum atomic E-state index is 8.89. The van der Waals surface area contributed by atoms with Crippen LogP contribution in [0.3, 0.4) is 0 Å². The summed E-state index contributed by atoms with van der Waals surface area (Å²) in [7, 11) is -1.66. The maximum absolute atomic E-state index is 8.89. The number of nitrogen functional groups attached to an aromatic ring is 1. The molecule has 0 radical (unpaired) electrons. The lowest BCUT2D eigenvalue weighted by atomic mass is 9.77. The smallest absolute Gasteiger partial charge is 0.423 e. The van der Waals surface area contributed by atoms with E-state index in [1.165, 1.54) is 12.1 Å². The molecule has 0 amide bonds. The number of nitrogens with one attached hydrogen (secondary N) is 1. The third kappa shape index (κ3) is 1.97. The summed E-state index contributed by atoms with van der Waals surface area (Å²) < 4.78 is 0. The molecule has 0 atom stereocenters. The first-order valence-electron chi connectivity index (χ1n) is 3.56. The molecule has 1 aromatic rings. The van der Waals surface area contributed by atoms with Crippen molar-refractivity contribution in [3.05, 3.63) is 23.8 Å². The molecule has 1 aromatic carbocycles. The Morgan fingerprint density at radius 3 is 2.62 bits per heavy atom. The van der Waals surface area contributed by atoms with Gasteiger partial charge in [0.15, 0.2) is 0 Å². The van der Waals surface area contributed by atoms with Crippen molar-refractivity contribution in [3.8, 4) is 6.07 Å². The molecule has 0 bridgehead atoms. The molecular weight excluding hydrogens is 169 g/mol. The van der Waals surface area contributed by atoms with E-state index in [1.54, 1.807) is 6.07 Å². The Balaban J connectivity index is 3.20. The van der Waals surface area contributed by atoms with Crippen molar-refractivity contribution in [1.82, 2.24) is 0 Å². The van der Waals surface area contributed by atoms with E-state index in [9.17, 15) is 0 Å². The molecule has 0 aromatic heterocycles. The van der Waals surface area contributed by atoms with Crippen molar-refractivity contribution in [2.45, 2.75) is 0 Å². The van der Waals surface area contributed by atoms with Crippen molar-refractivity contribution >= 4 is 18.3 Å². The number of nitrogens with two attached hydrogens (primary N) is 1. The van der Waals surface area contributed by atoms with Crippen molar-refractivity contribution in [3.63, 3.8) is 0 Å². The van der Waals surface area contributed by atoms with Gasteiger partial charge in [-0.2, -0.15) is 5.26 Å². The molecule has 13 heavy (non-hydrogen) atoms. The van der Waals surface area contributed by atoms with Crippen LogP contribution in [0.25, 0.3) is 0 Å². The molecule has 0 aliphatic heterocycles. The highest BCUT2D eigenvalue weighted by Gasteiger charge is 2.16. The lowest BCUT2D eigenvalue weighted by molar-refractivity contribution is 0.425. The van der Waals surface area contributed by atoms with Crippen LogP contribution in [-0.2, 0) is 0 Å². The molecule has 5 N–H and O–H groups in total. The van der Waals surface area contributed by atoms with Crippen LogP contribution in [0.1, 0.15) is 5.56 Å². The Morgan fingerprint density at radius 2 is 2.15 bits per heavy atom. The third-order valence-electron chi connectivity index (χ3n) is 1.62. The summed E-state index contributed by atoms with van der Waals surface area (Å²) >= 11 is 0. The molecule has 0 aliphatic carbocycles. The van der Waals surface area contributed by atoms with E-state index in [1.807, 2.05) is 6.07 Å². The molecule has 66 valence electrons. The minimum absolute atomic E-state index is 0.137. The standard InChI is InChI=1S/C7H8BN3O2/c9-4-5-1-2-6(11-10)3-7(5)8(12)13/h1-3,11-13H,10H2. The van der Waals surface area contributed by atoms with Gasteiger partial charge >= 0.3 is 7.12 Å². The zero-order valence-corrected chi connectivity index (χ0v) is 6.73. The Bertz CT molecular complexity index is 348. The summed E-state index contributed by atoms with van der Waals surface area (Å²) in [5, 5.41) is 26.4. The molecule has 5 nitrogen and oxygen atoms in total. The zero-order valence-electron chi connectivity index (χ0n) is 6.73. The minimum Gasteiger partial charge on any atom is -0.423 e. The van der Waals surface area contributed by atoms with E-state index in [0.29, 0.717) is 5.69 Å². The van der Waals surface area contributed by atoms with E-state index in [4.69, 9.17) is 21.2 Å². The summed E-state index contributed by atoms with van der Waals surface area (Å²) in [6, 6.07) is 6.28. The lowest BCUT2D eigenvalue weighted by Crippen LogP contribution is -2.32. The van der Waals surface area contributed by atoms with Crippen LogP contribution in [0.2, 0.25) is 0 Å². The number of hydrogen-bond donors (Lipinski definition) is 4.